The van der Waals surface area contributed by atoms with Crippen molar-refractivity contribution in [2.45, 2.75) is 11.7 Å². The maximum Gasteiger partial charge on any atom is 0.266 e. The number of rotatable bonds is 8. The summed E-state index contributed by atoms with van der Waals surface area (Å²) in [7, 11) is 0. The van der Waals surface area contributed by atoms with Gasteiger partial charge in [0, 0.05) is 4.88 Å². The molecule has 174 valence electrons. The first-order chi connectivity index (χ1) is 17.2. The number of thioether (sulfide) groups is 1. The third-order valence-corrected chi connectivity index (χ3v) is 7.01. The lowest BCUT2D eigenvalue weighted by atomic mass is 10.2. The van der Waals surface area contributed by atoms with E-state index in [1.165, 1.54) is 11.8 Å². The topological polar surface area (TPSA) is 73.2 Å². The van der Waals surface area contributed by atoms with Gasteiger partial charge in [0.1, 0.15) is 11.5 Å². The summed E-state index contributed by atoms with van der Waals surface area (Å²) >= 11 is 2.83. The maximum atomic E-state index is 13.4. The molecule has 8 heteroatoms. The Hall–Kier alpha value is -3.88. The normalized spacial score (nSPS) is 10.9. The molecule has 0 aliphatic heterocycles. The molecule has 2 aromatic heterocycles. The molecule has 0 saturated heterocycles. The van der Waals surface area contributed by atoms with E-state index in [2.05, 4.69) is 5.32 Å². The fraction of sp³-hybridized carbons (Fsp3) is 0.0741. The Labute approximate surface area is 210 Å². The minimum Gasteiger partial charge on any atom is -0.457 e. The van der Waals surface area contributed by atoms with Gasteiger partial charge >= 0.3 is 0 Å². The SMILES string of the molecule is O=C(CSc1nc2ccccc2c(=O)n1-c1ccc(Oc2ccccc2)cc1)NCc1cccs1. The Morgan fingerprint density at radius 1 is 0.914 bits per heavy atom. The number of hydrogen-bond acceptors (Lipinski definition) is 6. The predicted molar refractivity (Wildman–Crippen MR) is 141 cm³/mol. The third kappa shape index (κ3) is 5.45. The lowest BCUT2D eigenvalue weighted by Gasteiger charge is -2.14. The number of benzene rings is 3. The minimum atomic E-state index is -0.186. The molecule has 0 bridgehead atoms. The molecule has 0 aliphatic carbocycles. The summed E-state index contributed by atoms with van der Waals surface area (Å²) < 4.78 is 7.42. The second kappa shape index (κ2) is 10.6. The highest BCUT2D eigenvalue weighted by Crippen LogP contribution is 2.25. The third-order valence-electron chi connectivity index (χ3n) is 5.19. The molecular formula is C27H21N3O3S2. The summed E-state index contributed by atoms with van der Waals surface area (Å²) in [5, 5.41) is 5.86. The van der Waals surface area contributed by atoms with Gasteiger partial charge in [-0.25, -0.2) is 4.98 Å². The van der Waals surface area contributed by atoms with Gasteiger partial charge in [-0.05, 0) is 60.0 Å². The number of thiophene rings is 1. The molecule has 0 saturated carbocycles. The standard InChI is InChI=1S/C27H21N3O3S2/c31-25(28-17-22-9-6-16-34-22)18-35-27-29-24-11-5-4-10-23(24)26(32)30(27)19-12-14-21(15-13-19)33-20-7-2-1-3-8-20/h1-16H,17-18H2,(H,28,31). The fourth-order valence-corrected chi connectivity index (χ4v) is 4.99. The van der Waals surface area contributed by atoms with Gasteiger partial charge in [0.25, 0.3) is 5.56 Å². The van der Waals surface area contributed by atoms with Crippen LogP contribution in [-0.4, -0.2) is 21.2 Å². The molecule has 35 heavy (non-hydrogen) atoms. The second-order valence-corrected chi connectivity index (χ2v) is 9.58. The number of nitrogens with zero attached hydrogens (tertiary/aromatic N) is 2. The smallest absolute Gasteiger partial charge is 0.266 e. The average molecular weight is 500 g/mol. The molecule has 0 radical (unpaired) electrons. The van der Waals surface area contributed by atoms with Crippen LogP contribution < -0.4 is 15.6 Å². The van der Waals surface area contributed by atoms with Crippen molar-refractivity contribution >= 4 is 39.9 Å². The van der Waals surface area contributed by atoms with Crippen LogP contribution in [0.5, 0.6) is 11.5 Å². The summed E-state index contributed by atoms with van der Waals surface area (Å²) in [5.74, 6) is 1.41. The van der Waals surface area contributed by atoms with E-state index in [4.69, 9.17) is 9.72 Å². The van der Waals surface area contributed by atoms with E-state index in [0.717, 1.165) is 10.6 Å². The number of amides is 1. The molecule has 1 N–H and O–H groups in total. The lowest BCUT2D eigenvalue weighted by molar-refractivity contribution is -0.118. The van der Waals surface area contributed by atoms with Gasteiger partial charge in [-0.1, -0.05) is 48.2 Å². The van der Waals surface area contributed by atoms with Crippen molar-refractivity contribution in [1.82, 2.24) is 14.9 Å². The van der Waals surface area contributed by atoms with Crippen LogP contribution in [-0.2, 0) is 11.3 Å². The average Bonchev–Trinajstić information content (AvgIpc) is 3.42. The van der Waals surface area contributed by atoms with Gasteiger partial charge in [0.05, 0.1) is 28.9 Å². The van der Waals surface area contributed by atoms with Gasteiger partial charge in [0.15, 0.2) is 5.16 Å². The molecule has 0 aliphatic rings. The molecule has 5 aromatic rings. The zero-order valence-corrected chi connectivity index (χ0v) is 20.2. The van der Waals surface area contributed by atoms with Crippen LogP contribution in [0.1, 0.15) is 4.88 Å². The number of hydrogen-bond donors (Lipinski definition) is 1. The number of aromatic nitrogens is 2. The Balaban J connectivity index is 1.41. The first kappa shape index (κ1) is 22.9. The van der Waals surface area contributed by atoms with Crippen molar-refractivity contribution < 1.29 is 9.53 Å². The minimum absolute atomic E-state index is 0.121. The first-order valence-electron chi connectivity index (χ1n) is 10.9. The van der Waals surface area contributed by atoms with Crippen molar-refractivity contribution in [3.8, 4) is 17.2 Å². The molecule has 1 amide bonds. The van der Waals surface area contributed by atoms with Crippen molar-refractivity contribution in [2.75, 3.05) is 5.75 Å². The Morgan fingerprint density at radius 3 is 2.43 bits per heavy atom. The molecular weight excluding hydrogens is 478 g/mol. The zero-order chi connectivity index (χ0) is 24.0. The van der Waals surface area contributed by atoms with Crippen LogP contribution >= 0.6 is 23.1 Å². The van der Waals surface area contributed by atoms with Crippen LogP contribution in [0.2, 0.25) is 0 Å². The summed E-state index contributed by atoms with van der Waals surface area (Å²) in [6, 6.07) is 27.9. The number of para-hydroxylation sites is 2. The van der Waals surface area contributed by atoms with Crippen LogP contribution in [0.3, 0.4) is 0 Å². The molecule has 2 heterocycles. The van der Waals surface area contributed by atoms with Crippen molar-refractivity contribution in [3.05, 3.63) is 112 Å². The van der Waals surface area contributed by atoms with E-state index in [9.17, 15) is 9.59 Å². The highest BCUT2D eigenvalue weighted by molar-refractivity contribution is 7.99. The van der Waals surface area contributed by atoms with E-state index in [-0.39, 0.29) is 17.2 Å². The lowest BCUT2D eigenvalue weighted by Crippen LogP contribution is -2.26. The van der Waals surface area contributed by atoms with Crippen LogP contribution in [0.25, 0.3) is 16.6 Å². The largest absolute Gasteiger partial charge is 0.457 e. The first-order valence-corrected chi connectivity index (χ1v) is 12.8. The van der Waals surface area contributed by atoms with Gasteiger partial charge < -0.3 is 10.1 Å². The number of carbonyl (C=O) groups excluding carboxylic acids is 1. The summed E-state index contributed by atoms with van der Waals surface area (Å²) in [6.45, 7) is 0.484. The van der Waals surface area contributed by atoms with Gasteiger partial charge in [-0.15, -0.1) is 11.3 Å². The number of carbonyl (C=O) groups is 1. The Bertz CT molecular complexity index is 1500. The monoisotopic (exact) mass is 499 g/mol. The van der Waals surface area contributed by atoms with Crippen LogP contribution in [0.15, 0.2) is 106 Å². The maximum absolute atomic E-state index is 13.4. The molecule has 0 unspecified atom stereocenters. The number of ether oxygens (including phenoxy) is 1. The molecule has 0 spiro atoms. The van der Waals surface area contributed by atoms with Crippen molar-refractivity contribution in [1.29, 1.82) is 0 Å². The van der Waals surface area contributed by atoms with E-state index in [1.54, 1.807) is 28.0 Å². The molecule has 6 nitrogen and oxygen atoms in total. The highest BCUT2D eigenvalue weighted by atomic mass is 32.2. The molecule has 0 atom stereocenters. The predicted octanol–water partition coefficient (Wildman–Crippen LogP) is 5.65. The Morgan fingerprint density at radius 2 is 1.66 bits per heavy atom. The molecule has 5 rings (SSSR count). The number of fused-ring (bicyclic) bond motifs is 1. The summed E-state index contributed by atoms with van der Waals surface area (Å²) in [4.78, 5) is 31.7. The van der Waals surface area contributed by atoms with E-state index < -0.39 is 0 Å². The van der Waals surface area contributed by atoms with Crippen molar-refractivity contribution in [2.24, 2.45) is 0 Å². The van der Waals surface area contributed by atoms with E-state index in [0.29, 0.717) is 34.0 Å². The quantitative estimate of drug-likeness (QED) is 0.221. The van der Waals surface area contributed by atoms with E-state index >= 15 is 0 Å². The van der Waals surface area contributed by atoms with Gasteiger partial charge in [-0.2, -0.15) is 0 Å². The van der Waals surface area contributed by atoms with Crippen LogP contribution in [0, 0.1) is 0 Å². The second-order valence-electron chi connectivity index (χ2n) is 7.61. The number of nitrogens with one attached hydrogen (secondary N) is 1. The summed E-state index contributed by atoms with van der Waals surface area (Å²) in [5.41, 5.74) is 1.06. The molecule has 0 fully saturated rings. The van der Waals surface area contributed by atoms with Crippen molar-refractivity contribution in [3.63, 3.8) is 0 Å². The fourth-order valence-electron chi connectivity index (χ4n) is 3.50. The highest BCUT2D eigenvalue weighted by Gasteiger charge is 2.15. The summed E-state index contributed by atoms with van der Waals surface area (Å²) in [6.07, 6.45) is 0. The van der Waals surface area contributed by atoms with Gasteiger partial charge in [-0.3, -0.25) is 14.2 Å². The zero-order valence-electron chi connectivity index (χ0n) is 18.6. The van der Waals surface area contributed by atoms with Gasteiger partial charge in [0.2, 0.25) is 5.91 Å². The van der Waals surface area contributed by atoms with Crippen LogP contribution in [0.4, 0.5) is 0 Å². The molecule has 3 aromatic carbocycles. The van der Waals surface area contributed by atoms with E-state index in [1.807, 2.05) is 84.2 Å². The Kier molecular flexibility index (Phi) is 6.92.